The Bertz CT molecular complexity index is 970. The van der Waals surface area contributed by atoms with Crippen LogP contribution in [0.5, 0.6) is 11.5 Å². The highest BCUT2D eigenvalue weighted by Crippen LogP contribution is 2.28. The molecule has 0 saturated heterocycles. The Morgan fingerprint density at radius 2 is 1.79 bits per heavy atom. The molecular formula is C24H24N2O3. The van der Waals surface area contributed by atoms with Gasteiger partial charge in [0.2, 0.25) is 5.91 Å². The summed E-state index contributed by atoms with van der Waals surface area (Å²) in [6.45, 7) is 0.692. The first-order valence-corrected chi connectivity index (χ1v) is 9.42. The highest BCUT2D eigenvalue weighted by atomic mass is 16.5. The average Bonchev–Trinajstić information content (AvgIpc) is 3.30. The van der Waals surface area contributed by atoms with Crippen LogP contribution in [0.3, 0.4) is 0 Å². The average molecular weight is 388 g/mol. The zero-order chi connectivity index (χ0) is 20.5. The second-order valence-electron chi connectivity index (χ2n) is 6.51. The molecule has 1 aromatic heterocycles. The van der Waals surface area contributed by atoms with E-state index in [9.17, 15) is 4.79 Å². The number of carbonyl (C=O) groups excluding carboxylic acids is 1. The van der Waals surface area contributed by atoms with Crippen molar-refractivity contribution in [2.45, 2.75) is 19.4 Å². The maximum absolute atomic E-state index is 12.2. The lowest BCUT2D eigenvalue weighted by atomic mass is 10.1. The van der Waals surface area contributed by atoms with Crippen LogP contribution in [0.15, 0.2) is 67.0 Å². The molecule has 0 fully saturated rings. The Morgan fingerprint density at radius 3 is 2.48 bits per heavy atom. The first-order chi connectivity index (χ1) is 14.2. The fourth-order valence-electron chi connectivity index (χ4n) is 2.95. The largest absolute Gasteiger partial charge is 0.493 e. The van der Waals surface area contributed by atoms with Gasteiger partial charge >= 0.3 is 0 Å². The number of nitrogens with one attached hydrogen (secondary N) is 1. The van der Waals surface area contributed by atoms with E-state index in [1.54, 1.807) is 7.11 Å². The van der Waals surface area contributed by atoms with Crippen molar-refractivity contribution >= 4 is 5.91 Å². The molecule has 3 rings (SSSR count). The van der Waals surface area contributed by atoms with Crippen molar-refractivity contribution in [3.63, 3.8) is 0 Å². The standard InChI is InChI=1S/C24H24N2O3/c1-3-16-29-22-12-8-19(17-23(22)28-2)9-13-24(27)25-18-20-6-10-21(11-7-20)26-14-4-5-15-26/h1,4-8,10-12,14-15,17H,9,13,16,18H2,2H3,(H,25,27). The SMILES string of the molecule is C#CCOc1ccc(CCC(=O)NCc2ccc(-n3cccc3)cc2)cc1OC. The summed E-state index contributed by atoms with van der Waals surface area (Å²) < 4.78 is 12.8. The van der Waals surface area contributed by atoms with Crippen molar-refractivity contribution in [2.75, 3.05) is 13.7 Å². The highest BCUT2D eigenvalue weighted by molar-refractivity contribution is 5.76. The van der Waals surface area contributed by atoms with Crippen molar-refractivity contribution in [1.29, 1.82) is 0 Å². The lowest BCUT2D eigenvalue weighted by molar-refractivity contribution is -0.121. The second kappa shape index (κ2) is 10.0. The predicted molar refractivity (Wildman–Crippen MR) is 113 cm³/mol. The number of hydrogen-bond acceptors (Lipinski definition) is 3. The number of methoxy groups -OCH3 is 1. The van der Waals surface area contributed by atoms with Gasteiger partial charge in [0.15, 0.2) is 11.5 Å². The van der Waals surface area contributed by atoms with E-state index in [1.807, 2.05) is 71.6 Å². The van der Waals surface area contributed by atoms with Gasteiger partial charge in [-0.1, -0.05) is 24.1 Å². The fourth-order valence-corrected chi connectivity index (χ4v) is 2.95. The van der Waals surface area contributed by atoms with Gasteiger partial charge in [-0.25, -0.2) is 0 Å². The fraction of sp³-hybridized carbons (Fsp3) is 0.208. The number of ether oxygens (including phenoxy) is 2. The Hall–Kier alpha value is -3.65. The third-order valence-electron chi connectivity index (χ3n) is 4.51. The van der Waals surface area contributed by atoms with Crippen molar-refractivity contribution in [3.05, 3.63) is 78.1 Å². The van der Waals surface area contributed by atoms with Crippen LogP contribution in [0.1, 0.15) is 17.5 Å². The molecule has 1 N–H and O–H groups in total. The van der Waals surface area contributed by atoms with Crippen LogP contribution < -0.4 is 14.8 Å². The molecule has 29 heavy (non-hydrogen) atoms. The summed E-state index contributed by atoms with van der Waals surface area (Å²) in [5.74, 6) is 3.64. The van der Waals surface area contributed by atoms with Crippen LogP contribution >= 0.6 is 0 Å². The van der Waals surface area contributed by atoms with Crippen molar-refractivity contribution < 1.29 is 14.3 Å². The summed E-state index contributed by atoms with van der Waals surface area (Å²) in [5.41, 5.74) is 3.15. The Labute approximate surface area is 171 Å². The molecule has 5 heteroatoms. The molecule has 1 heterocycles. The zero-order valence-electron chi connectivity index (χ0n) is 16.4. The molecule has 2 aromatic carbocycles. The van der Waals surface area contributed by atoms with Crippen LogP contribution in [0.4, 0.5) is 0 Å². The smallest absolute Gasteiger partial charge is 0.220 e. The monoisotopic (exact) mass is 388 g/mol. The first-order valence-electron chi connectivity index (χ1n) is 9.42. The Balaban J connectivity index is 1.48. The van der Waals surface area contributed by atoms with Crippen LogP contribution in [0, 0.1) is 12.3 Å². The van der Waals surface area contributed by atoms with Gasteiger partial charge in [-0.15, -0.1) is 6.42 Å². The Morgan fingerprint density at radius 1 is 1.07 bits per heavy atom. The number of carbonyl (C=O) groups is 1. The number of aromatic nitrogens is 1. The van der Waals surface area contributed by atoms with Crippen molar-refractivity contribution in [2.24, 2.45) is 0 Å². The second-order valence-corrected chi connectivity index (χ2v) is 6.51. The molecular weight excluding hydrogens is 364 g/mol. The van der Waals surface area contributed by atoms with Crippen LogP contribution in [0.2, 0.25) is 0 Å². The topological polar surface area (TPSA) is 52.5 Å². The highest BCUT2D eigenvalue weighted by Gasteiger charge is 2.08. The van der Waals surface area contributed by atoms with Gasteiger partial charge in [0.25, 0.3) is 0 Å². The summed E-state index contributed by atoms with van der Waals surface area (Å²) >= 11 is 0. The van der Waals surface area contributed by atoms with Gasteiger partial charge in [-0.2, -0.15) is 0 Å². The molecule has 0 spiro atoms. The van der Waals surface area contributed by atoms with Crippen LogP contribution in [-0.4, -0.2) is 24.2 Å². The van der Waals surface area contributed by atoms with E-state index < -0.39 is 0 Å². The predicted octanol–water partition coefficient (Wildman–Crippen LogP) is 3.75. The maximum atomic E-state index is 12.2. The molecule has 1 amide bonds. The number of rotatable bonds is 9. The van der Waals surface area contributed by atoms with Gasteiger partial charge in [0.1, 0.15) is 6.61 Å². The summed E-state index contributed by atoms with van der Waals surface area (Å²) in [4.78, 5) is 12.2. The molecule has 0 atom stereocenters. The van der Waals surface area contributed by atoms with Crippen molar-refractivity contribution in [1.82, 2.24) is 9.88 Å². The zero-order valence-corrected chi connectivity index (χ0v) is 16.4. The molecule has 148 valence electrons. The number of amides is 1. The van der Waals surface area contributed by atoms with E-state index in [-0.39, 0.29) is 12.5 Å². The number of benzene rings is 2. The van der Waals surface area contributed by atoms with E-state index in [4.69, 9.17) is 15.9 Å². The summed E-state index contributed by atoms with van der Waals surface area (Å²) in [6, 6.07) is 17.7. The third kappa shape index (κ3) is 5.66. The first kappa shape index (κ1) is 20.1. The van der Waals surface area contributed by atoms with Gasteiger partial charge in [0, 0.05) is 31.0 Å². The van der Waals surface area contributed by atoms with Gasteiger partial charge in [-0.3, -0.25) is 4.79 Å². The molecule has 0 aliphatic rings. The normalized spacial score (nSPS) is 10.2. The van der Waals surface area contributed by atoms with E-state index >= 15 is 0 Å². The molecule has 0 bridgehead atoms. The molecule has 0 radical (unpaired) electrons. The van der Waals surface area contributed by atoms with Gasteiger partial charge < -0.3 is 19.4 Å². The number of nitrogens with zero attached hydrogens (tertiary/aromatic N) is 1. The van der Waals surface area contributed by atoms with E-state index in [2.05, 4.69) is 11.2 Å². The maximum Gasteiger partial charge on any atom is 0.220 e. The summed E-state index contributed by atoms with van der Waals surface area (Å²) in [6.07, 6.45) is 10.2. The van der Waals surface area contributed by atoms with Crippen LogP contribution in [0.25, 0.3) is 5.69 Å². The van der Waals surface area contributed by atoms with Crippen molar-refractivity contribution in [3.8, 4) is 29.5 Å². The van der Waals surface area contributed by atoms with Gasteiger partial charge in [-0.05, 0) is 53.9 Å². The lowest BCUT2D eigenvalue weighted by Crippen LogP contribution is -2.23. The summed E-state index contributed by atoms with van der Waals surface area (Å²) in [5, 5.41) is 2.97. The van der Waals surface area contributed by atoms with Crippen LogP contribution in [-0.2, 0) is 17.8 Å². The Kier molecular flexibility index (Phi) is 6.96. The number of aryl methyl sites for hydroxylation is 1. The van der Waals surface area contributed by atoms with E-state index in [0.717, 1.165) is 16.8 Å². The summed E-state index contributed by atoms with van der Waals surface area (Å²) in [7, 11) is 1.58. The molecule has 5 nitrogen and oxygen atoms in total. The third-order valence-corrected chi connectivity index (χ3v) is 4.51. The number of hydrogen-bond donors (Lipinski definition) is 1. The molecule has 3 aromatic rings. The quantitative estimate of drug-likeness (QED) is 0.568. The van der Waals surface area contributed by atoms with E-state index in [1.165, 1.54) is 0 Å². The molecule has 0 unspecified atom stereocenters. The minimum absolute atomic E-state index is 0.00566. The molecule has 0 aliphatic carbocycles. The molecule has 0 saturated carbocycles. The minimum atomic E-state index is 0.00566. The number of terminal acetylenes is 1. The van der Waals surface area contributed by atoms with E-state index in [0.29, 0.717) is 30.9 Å². The van der Waals surface area contributed by atoms with Gasteiger partial charge in [0.05, 0.1) is 7.11 Å². The lowest BCUT2D eigenvalue weighted by Gasteiger charge is -2.11. The molecule has 0 aliphatic heterocycles. The minimum Gasteiger partial charge on any atom is -0.493 e.